The van der Waals surface area contributed by atoms with E-state index in [0.29, 0.717) is 5.39 Å². The van der Waals surface area contributed by atoms with Crippen molar-refractivity contribution in [3.63, 3.8) is 0 Å². The molecule has 0 fully saturated rings. The number of aromatic nitrogens is 2. The Kier molecular flexibility index (Phi) is 2.64. The summed E-state index contributed by atoms with van der Waals surface area (Å²) in [5, 5.41) is 0.689. The first-order valence-corrected chi connectivity index (χ1v) is 5.92. The molecule has 1 aliphatic rings. The third kappa shape index (κ3) is 1.59. The fourth-order valence-electron chi connectivity index (χ4n) is 2.63. The average Bonchev–Trinajstić information content (AvgIpc) is 2.78. The lowest BCUT2D eigenvalue weighted by Crippen LogP contribution is -2.13. The molecule has 0 N–H and O–H groups in total. The minimum absolute atomic E-state index is 0. The summed E-state index contributed by atoms with van der Waals surface area (Å²) in [5.74, 6) is 0.786. The highest BCUT2D eigenvalue weighted by atomic mass is 35.5. The van der Waals surface area contributed by atoms with E-state index in [-0.39, 0.29) is 18.0 Å². The molecule has 0 saturated heterocycles. The van der Waals surface area contributed by atoms with Crippen LogP contribution < -0.4 is 5.56 Å². The number of fused-ring (bicyclic) bond motifs is 5. The molecule has 3 nitrogen and oxygen atoms in total. The number of nitrogens with zero attached hydrogens (tertiary/aromatic N) is 2. The first kappa shape index (κ1) is 11.9. The van der Waals surface area contributed by atoms with Crippen molar-refractivity contribution >= 4 is 23.3 Å². The fraction of sp³-hybridized carbons (Fsp3) is 0.0667. The SMILES string of the molecule is Cl.O=c1nc2n(c3ccccc13)Cc1ccccc1-2. The Bertz CT molecular complexity index is 839. The first-order chi connectivity index (χ1) is 8.84. The average molecular weight is 271 g/mol. The maximum atomic E-state index is 12.0. The van der Waals surface area contributed by atoms with Crippen LogP contribution in [0.25, 0.3) is 22.3 Å². The molecule has 2 aromatic carbocycles. The van der Waals surface area contributed by atoms with Crippen LogP contribution in [-0.4, -0.2) is 9.55 Å². The van der Waals surface area contributed by atoms with Gasteiger partial charge in [-0.1, -0.05) is 36.4 Å². The van der Waals surface area contributed by atoms with Crippen LogP contribution in [0.1, 0.15) is 5.56 Å². The molecule has 1 aromatic heterocycles. The molecule has 0 atom stereocenters. The third-order valence-corrected chi connectivity index (χ3v) is 3.48. The summed E-state index contributed by atoms with van der Waals surface area (Å²) in [6.45, 7) is 0.791. The summed E-state index contributed by atoms with van der Waals surface area (Å²) in [6, 6.07) is 15.8. The predicted molar refractivity (Wildman–Crippen MR) is 77.8 cm³/mol. The maximum absolute atomic E-state index is 12.0. The molecule has 0 saturated carbocycles. The van der Waals surface area contributed by atoms with Crippen LogP contribution in [0.4, 0.5) is 0 Å². The van der Waals surface area contributed by atoms with Crippen molar-refractivity contribution in [2.75, 3.05) is 0 Å². The van der Waals surface area contributed by atoms with Crippen LogP contribution in [0.5, 0.6) is 0 Å². The Labute approximate surface area is 115 Å². The van der Waals surface area contributed by atoms with Gasteiger partial charge in [-0.05, 0) is 17.7 Å². The second-order valence-electron chi connectivity index (χ2n) is 4.50. The van der Waals surface area contributed by atoms with Crippen LogP contribution in [0.15, 0.2) is 53.3 Å². The Morgan fingerprint density at radius 2 is 1.74 bits per heavy atom. The van der Waals surface area contributed by atoms with E-state index in [9.17, 15) is 4.79 Å². The van der Waals surface area contributed by atoms with Crippen LogP contribution in [0, 0.1) is 0 Å². The minimum atomic E-state index is -0.145. The predicted octanol–water partition coefficient (Wildman–Crippen LogP) is 2.85. The highest BCUT2D eigenvalue weighted by Crippen LogP contribution is 2.31. The van der Waals surface area contributed by atoms with Crippen molar-refractivity contribution in [1.82, 2.24) is 9.55 Å². The first-order valence-electron chi connectivity index (χ1n) is 5.92. The van der Waals surface area contributed by atoms with Crippen molar-refractivity contribution in [3.05, 3.63) is 64.4 Å². The van der Waals surface area contributed by atoms with Gasteiger partial charge in [-0.25, -0.2) is 0 Å². The quantitative estimate of drug-likeness (QED) is 0.492. The molecule has 0 bridgehead atoms. The third-order valence-electron chi connectivity index (χ3n) is 3.48. The van der Waals surface area contributed by atoms with E-state index in [4.69, 9.17) is 0 Å². The summed E-state index contributed by atoms with van der Waals surface area (Å²) in [7, 11) is 0. The zero-order chi connectivity index (χ0) is 12.1. The molecule has 94 valence electrons. The van der Waals surface area contributed by atoms with Crippen LogP contribution in [-0.2, 0) is 6.54 Å². The van der Waals surface area contributed by atoms with E-state index in [1.165, 1.54) is 5.56 Å². The molecule has 19 heavy (non-hydrogen) atoms. The fourth-order valence-corrected chi connectivity index (χ4v) is 2.63. The van der Waals surface area contributed by atoms with Gasteiger partial charge in [0.05, 0.1) is 17.4 Å². The zero-order valence-electron chi connectivity index (χ0n) is 10.0. The number of hydrogen-bond donors (Lipinski definition) is 0. The molecule has 0 amide bonds. The van der Waals surface area contributed by atoms with Crippen LogP contribution in [0.2, 0.25) is 0 Å². The van der Waals surface area contributed by atoms with Crippen LogP contribution >= 0.6 is 12.4 Å². The van der Waals surface area contributed by atoms with Crippen molar-refractivity contribution in [1.29, 1.82) is 0 Å². The van der Waals surface area contributed by atoms with E-state index in [1.54, 1.807) is 0 Å². The molecule has 0 spiro atoms. The number of rotatable bonds is 0. The topological polar surface area (TPSA) is 34.9 Å². The molecular weight excluding hydrogens is 260 g/mol. The summed E-state index contributed by atoms with van der Waals surface area (Å²) in [4.78, 5) is 16.3. The maximum Gasteiger partial charge on any atom is 0.281 e. The smallest absolute Gasteiger partial charge is 0.281 e. The molecule has 4 rings (SSSR count). The molecule has 0 aliphatic carbocycles. The van der Waals surface area contributed by atoms with Crippen LogP contribution in [0.3, 0.4) is 0 Å². The van der Waals surface area contributed by atoms with E-state index < -0.39 is 0 Å². The van der Waals surface area contributed by atoms with Gasteiger partial charge >= 0.3 is 0 Å². The highest BCUT2D eigenvalue weighted by molar-refractivity contribution is 5.85. The van der Waals surface area contributed by atoms with Crippen molar-refractivity contribution < 1.29 is 0 Å². The van der Waals surface area contributed by atoms with E-state index in [2.05, 4.69) is 15.6 Å². The van der Waals surface area contributed by atoms with Gasteiger partial charge < -0.3 is 4.57 Å². The molecule has 2 heterocycles. The number of halogens is 1. The van der Waals surface area contributed by atoms with Gasteiger partial charge in [0.2, 0.25) is 0 Å². The Balaban J connectivity index is 0.00000110. The lowest BCUT2D eigenvalue weighted by molar-refractivity contribution is 0.853. The molecule has 0 unspecified atom stereocenters. The van der Waals surface area contributed by atoms with E-state index in [0.717, 1.165) is 23.4 Å². The lowest BCUT2D eigenvalue weighted by Gasteiger charge is -2.07. The molecule has 3 aromatic rings. The molecule has 0 radical (unpaired) electrons. The largest absolute Gasteiger partial charge is 0.321 e. The van der Waals surface area contributed by atoms with E-state index in [1.807, 2.05) is 42.5 Å². The standard InChI is InChI=1S/C15H10N2O.ClH/c18-15-12-7-3-4-8-13(12)17-9-10-5-1-2-6-11(10)14(17)16-15;/h1-8H,9H2;1H. The van der Waals surface area contributed by atoms with Gasteiger partial charge in [-0.3, -0.25) is 4.79 Å². The lowest BCUT2D eigenvalue weighted by atomic mass is 10.1. The second kappa shape index (κ2) is 4.21. The van der Waals surface area contributed by atoms with Gasteiger partial charge in [0.25, 0.3) is 5.56 Å². The summed E-state index contributed by atoms with van der Waals surface area (Å²) >= 11 is 0. The molecule has 1 aliphatic heterocycles. The molecular formula is C15H11ClN2O. The second-order valence-corrected chi connectivity index (χ2v) is 4.50. The zero-order valence-corrected chi connectivity index (χ0v) is 10.9. The van der Waals surface area contributed by atoms with Crippen molar-refractivity contribution in [2.45, 2.75) is 6.54 Å². The normalized spacial score (nSPS) is 11.8. The molecule has 4 heteroatoms. The highest BCUT2D eigenvalue weighted by Gasteiger charge is 2.20. The van der Waals surface area contributed by atoms with Gasteiger partial charge in [0, 0.05) is 5.56 Å². The van der Waals surface area contributed by atoms with Crippen molar-refractivity contribution in [2.24, 2.45) is 0 Å². The number of para-hydroxylation sites is 1. The minimum Gasteiger partial charge on any atom is -0.321 e. The summed E-state index contributed by atoms with van der Waals surface area (Å²) < 4.78 is 2.11. The van der Waals surface area contributed by atoms with Gasteiger partial charge in [0.15, 0.2) is 0 Å². The van der Waals surface area contributed by atoms with Gasteiger partial charge in [-0.2, -0.15) is 4.98 Å². The number of benzene rings is 2. The number of hydrogen-bond acceptors (Lipinski definition) is 2. The Morgan fingerprint density at radius 1 is 1.00 bits per heavy atom. The Hall–Kier alpha value is -2.13. The Morgan fingerprint density at radius 3 is 2.63 bits per heavy atom. The monoisotopic (exact) mass is 270 g/mol. The summed E-state index contributed by atoms with van der Waals surface area (Å²) in [5.41, 5.74) is 3.11. The van der Waals surface area contributed by atoms with Gasteiger partial charge in [-0.15, -0.1) is 12.4 Å². The van der Waals surface area contributed by atoms with Crippen molar-refractivity contribution in [3.8, 4) is 11.4 Å². The van der Waals surface area contributed by atoms with E-state index >= 15 is 0 Å². The van der Waals surface area contributed by atoms with Gasteiger partial charge in [0.1, 0.15) is 5.82 Å². The summed E-state index contributed by atoms with van der Waals surface area (Å²) in [6.07, 6.45) is 0.